The van der Waals surface area contributed by atoms with Gasteiger partial charge in [0, 0.05) is 12.6 Å². The predicted molar refractivity (Wildman–Crippen MR) is 85.2 cm³/mol. The second-order valence-corrected chi connectivity index (χ2v) is 5.61. The number of amides is 1. The molecule has 1 aromatic rings. The Morgan fingerprint density at radius 3 is 2.67 bits per heavy atom. The van der Waals surface area contributed by atoms with Gasteiger partial charge in [-0.05, 0) is 31.9 Å². The lowest BCUT2D eigenvalue weighted by atomic mass is 9.94. The fourth-order valence-electron chi connectivity index (χ4n) is 3.03. The van der Waals surface area contributed by atoms with Crippen molar-refractivity contribution < 1.29 is 9.53 Å². The Morgan fingerprint density at radius 1 is 1.29 bits per heavy atom. The van der Waals surface area contributed by atoms with Gasteiger partial charge in [-0.15, -0.1) is 0 Å². The molecule has 0 heterocycles. The van der Waals surface area contributed by atoms with E-state index in [-0.39, 0.29) is 5.91 Å². The average molecular weight is 290 g/mol. The van der Waals surface area contributed by atoms with E-state index in [1.807, 2.05) is 23.1 Å². The van der Waals surface area contributed by atoms with Crippen LogP contribution in [0.15, 0.2) is 24.3 Å². The first-order chi connectivity index (χ1) is 10.2. The third-order valence-electron chi connectivity index (χ3n) is 4.17. The Balaban J connectivity index is 1.81. The van der Waals surface area contributed by atoms with Crippen LogP contribution in [0.25, 0.3) is 0 Å². The second-order valence-electron chi connectivity index (χ2n) is 5.61. The van der Waals surface area contributed by atoms with Crippen molar-refractivity contribution in [1.29, 1.82) is 0 Å². The van der Waals surface area contributed by atoms with Crippen LogP contribution in [0.1, 0.15) is 45.4 Å². The van der Waals surface area contributed by atoms with E-state index in [0.717, 1.165) is 19.4 Å². The molecule has 1 aliphatic rings. The number of anilines is 1. The molecule has 0 saturated heterocycles. The molecule has 21 heavy (non-hydrogen) atoms. The molecule has 0 atom stereocenters. The molecular weight excluding hydrogens is 264 g/mol. The van der Waals surface area contributed by atoms with Gasteiger partial charge in [-0.1, -0.05) is 31.4 Å². The number of rotatable bonds is 6. The largest absolute Gasteiger partial charge is 0.491 e. The minimum atomic E-state index is 0.193. The van der Waals surface area contributed by atoms with Crippen molar-refractivity contribution in [2.24, 2.45) is 0 Å². The number of carbonyl (C=O) groups is 1. The van der Waals surface area contributed by atoms with Gasteiger partial charge in [0.1, 0.15) is 5.75 Å². The fourth-order valence-corrected chi connectivity index (χ4v) is 3.03. The molecule has 1 fully saturated rings. The van der Waals surface area contributed by atoms with Gasteiger partial charge in [0.15, 0.2) is 0 Å². The highest BCUT2D eigenvalue weighted by Crippen LogP contribution is 2.23. The molecule has 0 aromatic heterocycles. The zero-order valence-corrected chi connectivity index (χ0v) is 12.9. The standard InChI is InChI=1S/C17H26N2O2/c1-2-19(14-8-4-3-5-9-14)17(20)12-13-21-16-11-7-6-10-15(16)18/h6-7,10-11,14H,2-5,8-9,12-13,18H2,1H3. The summed E-state index contributed by atoms with van der Waals surface area (Å²) < 4.78 is 5.62. The molecule has 2 rings (SSSR count). The maximum absolute atomic E-state index is 12.4. The van der Waals surface area contributed by atoms with Crippen LogP contribution in [0.4, 0.5) is 5.69 Å². The van der Waals surface area contributed by atoms with Gasteiger partial charge in [0.05, 0.1) is 18.7 Å². The van der Waals surface area contributed by atoms with Crippen molar-refractivity contribution in [1.82, 2.24) is 4.90 Å². The highest BCUT2D eigenvalue weighted by atomic mass is 16.5. The molecule has 2 N–H and O–H groups in total. The minimum Gasteiger partial charge on any atom is -0.491 e. The van der Waals surface area contributed by atoms with Crippen LogP contribution >= 0.6 is 0 Å². The molecule has 1 saturated carbocycles. The maximum Gasteiger partial charge on any atom is 0.226 e. The first-order valence-corrected chi connectivity index (χ1v) is 7.99. The number of para-hydroxylation sites is 2. The summed E-state index contributed by atoms with van der Waals surface area (Å²) in [7, 11) is 0. The van der Waals surface area contributed by atoms with Crippen molar-refractivity contribution >= 4 is 11.6 Å². The van der Waals surface area contributed by atoms with Gasteiger partial charge in [0.25, 0.3) is 0 Å². The molecule has 0 unspecified atom stereocenters. The lowest BCUT2D eigenvalue weighted by Gasteiger charge is -2.33. The fraction of sp³-hybridized carbons (Fsp3) is 0.588. The molecule has 0 aliphatic heterocycles. The summed E-state index contributed by atoms with van der Waals surface area (Å²) in [4.78, 5) is 14.4. The molecule has 116 valence electrons. The second kappa shape index (κ2) is 7.91. The van der Waals surface area contributed by atoms with Gasteiger partial charge >= 0.3 is 0 Å². The van der Waals surface area contributed by atoms with E-state index in [2.05, 4.69) is 6.92 Å². The Hall–Kier alpha value is -1.71. The van der Waals surface area contributed by atoms with Gasteiger partial charge < -0.3 is 15.4 Å². The Kier molecular flexibility index (Phi) is 5.90. The summed E-state index contributed by atoms with van der Waals surface area (Å²) >= 11 is 0. The molecule has 1 aliphatic carbocycles. The summed E-state index contributed by atoms with van der Waals surface area (Å²) in [5.41, 5.74) is 6.44. The van der Waals surface area contributed by atoms with Gasteiger partial charge in [-0.3, -0.25) is 4.79 Å². The van der Waals surface area contributed by atoms with Gasteiger partial charge in [0.2, 0.25) is 5.91 Å². The number of benzene rings is 1. The monoisotopic (exact) mass is 290 g/mol. The molecule has 0 spiro atoms. The quantitative estimate of drug-likeness (QED) is 0.818. The normalized spacial score (nSPS) is 15.7. The number of nitrogen functional groups attached to an aromatic ring is 1. The van der Waals surface area contributed by atoms with Crippen LogP contribution in [-0.4, -0.2) is 30.0 Å². The Morgan fingerprint density at radius 2 is 2.00 bits per heavy atom. The maximum atomic E-state index is 12.4. The Bertz CT molecular complexity index is 456. The van der Waals surface area contributed by atoms with Crippen molar-refractivity contribution in [3.8, 4) is 5.75 Å². The number of carbonyl (C=O) groups excluding carboxylic acids is 1. The number of ether oxygens (including phenoxy) is 1. The summed E-state index contributed by atoms with van der Waals surface area (Å²) in [5, 5.41) is 0. The molecule has 4 heteroatoms. The van der Waals surface area contributed by atoms with Crippen LogP contribution in [0.3, 0.4) is 0 Å². The third-order valence-corrected chi connectivity index (χ3v) is 4.17. The SMILES string of the molecule is CCN(C(=O)CCOc1ccccc1N)C1CCCCC1. The number of nitrogens with two attached hydrogens (primary N) is 1. The molecular formula is C17H26N2O2. The van der Waals surface area contributed by atoms with Crippen LogP contribution in [0.5, 0.6) is 5.75 Å². The summed E-state index contributed by atoms with van der Waals surface area (Å²) in [6.45, 7) is 3.23. The zero-order chi connectivity index (χ0) is 15.1. The highest BCUT2D eigenvalue weighted by Gasteiger charge is 2.23. The molecule has 1 amide bonds. The molecule has 1 aromatic carbocycles. The lowest BCUT2D eigenvalue weighted by molar-refractivity contribution is -0.134. The van der Waals surface area contributed by atoms with Crippen molar-refractivity contribution in [2.75, 3.05) is 18.9 Å². The first kappa shape index (κ1) is 15.7. The van der Waals surface area contributed by atoms with Gasteiger partial charge in [-0.2, -0.15) is 0 Å². The van der Waals surface area contributed by atoms with E-state index in [9.17, 15) is 4.79 Å². The van der Waals surface area contributed by atoms with E-state index < -0.39 is 0 Å². The third kappa shape index (κ3) is 4.38. The van der Waals surface area contributed by atoms with Crippen molar-refractivity contribution in [3.05, 3.63) is 24.3 Å². The average Bonchev–Trinajstić information content (AvgIpc) is 2.51. The summed E-state index contributed by atoms with van der Waals surface area (Å²) in [5.74, 6) is 0.852. The molecule has 0 radical (unpaired) electrons. The first-order valence-electron chi connectivity index (χ1n) is 7.99. The lowest BCUT2D eigenvalue weighted by Crippen LogP contribution is -2.41. The topological polar surface area (TPSA) is 55.6 Å². The van der Waals surface area contributed by atoms with E-state index in [1.54, 1.807) is 6.07 Å². The van der Waals surface area contributed by atoms with E-state index >= 15 is 0 Å². The van der Waals surface area contributed by atoms with Crippen molar-refractivity contribution in [2.45, 2.75) is 51.5 Å². The summed E-state index contributed by atoms with van der Waals surface area (Å²) in [6, 6.07) is 7.82. The number of hydrogen-bond donors (Lipinski definition) is 1. The smallest absolute Gasteiger partial charge is 0.226 e. The Labute approximate surface area is 127 Å². The number of nitrogens with zero attached hydrogens (tertiary/aromatic N) is 1. The van der Waals surface area contributed by atoms with Crippen LogP contribution in [-0.2, 0) is 4.79 Å². The minimum absolute atomic E-state index is 0.193. The predicted octanol–water partition coefficient (Wildman–Crippen LogP) is 3.22. The highest BCUT2D eigenvalue weighted by molar-refractivity contribution is 5.76. The van der Waals surface area contributed by atoms with E-state index in [1.165, 1.54) is 19.3 Å². The summed E-state index contributed by atoms with van der Waals surface area (Å²) in [6.07, 6.45) is 6.49. The van der Waals surface area contributed by atoms with Crippen LogP contribution in [0.2, 0.25) is 0 Å². The zero-order valence-electron chi connectivity index (χ0n) is 12.9. The van der Waals surface area contributed by atoms with Crippen molar-refractivity contribution in [3.63, 3.8) is 0 Å². The van der Waals surface area contributed by atoms with Crippen LogP contribution < -0.4 is 10.5 Å². The van der Waals surface area contributed by atoms with E-state index in [4.69, 9.17) is 10.5 Å². The van der Waals surface area contributed by atoms with Gasteiger partial charge in [-0.25, -0.2) is 0 Å². The van der Waals surface area contributed by atoms with Crippen LogP contribution in [0, 0.1) is 0 Å². The van der Waals surface area contributed by atoms with E-state index in [0.29, 0.717) is 30.5 Å². The molecule has 4 nitrogen and oxygen atoms in total. The molecule has 0 bridgehead atoms. The number of hydrogen-bond acceptors (Lipinski definition) is 3.